The molecule has 0 aliphatic rings. The van der Waals surface area contributed by atoms with Crippen LogP contribution in [0.3, 0.4) is 0 Å². The first-order valence-corrected chi connectivity index (χ1v) is 7.07. The normalized spacial score (nSPS) is 13.6. The second kappa shape index (κ2) is 5.32. The fraction of sp³-hybridized carbons (Fsp3) is 0.375. The molecule has 1 atom stereocenters. The number of aliphatic carboxylic acids is 1. The Morgan fingerprint density at radius 1 is 1.65 bits per heavy atom. The van der Waals surface area contributed by atoms with Crippen molar-refractivity contribution in [1.29, 1.82) is 0 Å². The van der Waals surface area contributed by atoms with Gasteiger partial charge in [0.1, 0.15) is 10.3 Å². The van der Waals surface area contributed by atoms with Crippen LogP contribution < -0.4 is 4.72 Å². The summed E-state index contributed by atoms with van der Waals surface area (Å²) in [5.41, 5.74) is 0.591. The van der Waals surface area contributed by atoms with Crippen molar-refractivity contribution in [3.63, 3.8) is 0 Å². The van der Waals surface area contributed by atoms with E-state index in [9.17, 15) is 13.2 Å². The highest BCUT2D eigenvalue weighted by Crippen LogP contribution is 2.29. The number of aliphatic hydroxyl groups is 1. The monoisotopic (exact) mass is 299 g/mol. The maximum Gasteiger partial charge on any atom is 0.324 e. The van der Waals surface area contributed by atoms with E-state index >= 15 is 0 Å². The van der Waals surface area contributed by atoms with Crippen LogP contribution >= 0.6 is 22.9 Å². The lowest BCUT2D eigenvalue weighted by molar-refractivity contribution is -0.139. The molecule has 0 amide bonds. The van der Waals surface area contributed by atoms with Crippen molar-refractivity contribution in [3.8, 4) is 0 Å². The molecular formula is C8H10ClNO5S2. The van der Waals surface area contributed by atoms with Gasteiger partial charge in [-0.1, -0.05) is 11.6 Å². The highest BCUT2D eigenvalue weighted by Gasteiger charge is 2.26. The second-order valence-electron chi connectivity index (χ2n) is 3.22. The summed E-state index contributed by atoms with van der Waals surface area (Å²) in [6, 6.07) is -0.229. The summed E-state index contributed by atoms with van der Waals surface area (Å²) >= 11 is 6.55. The number of carboxylic acid groups (broad SMARTS) is 1. The predicted molar refractivity (Wildman–Crippen MR) is 62.9 cm³/mol. The van der Waals surface area contributed by atoms with Gasteiger partial charge >= 0.3 is 5.97 Å². The average molecular weight is 300 g/mol. The number of hydrogen-bond acceptors (Lipinski definition) is 5. The first kappa shape index (κ1) is 14.4. The molecule has 9 heteroatoms. The molecule has 96 valence electrons. The molecule has 1 aromatic rings. The number of aliphatic hydroxyl groups excluding tert-OH is 1. The molecule has 0 aliphatic heterocycles. The van der Waals surface area contributed by atoms with Crippen LogP contribution in [0.5, 0.6) is 0 Å². The standard InChI is InChI=1S/C8H10ClNO5S2/c1-4-2-6(16-7(4)9)17(14,15)10-5(3-11)8(12)13/h2,5,10-11H,3H2,1H3,(H,12,13)/t5-/m0/s1. The fourth-order valence-corrected chi connectivity index (χ4v) is 3.88. The van der Waals surface area contributed by atoms with Crippen molar-refractivity contribution in [1.82, 2.24) is 4.72 Å². The summed E-state index contributed by atoms with van der Waals surface area (Å²) in [7, 11) is -3.98. The molecule has 1 heterocycles. The van der Waals surface area contributed by atoms with Crippen molar-refractivity contribution in [2.75, 3.05) is 6.61 Å². The van der Waals surface area contributed by atoms with Crippen LogP contribution in [0.4, 0.5) is 0 Å². The highest BCUT2D eigenvalue weighted by molar-refractivity contribution is 7.91. The Morgan fingerprint density at radius 3 is 2.59 bits per heavy atom. The van der Waals surface area contributed by atoms with Crippen molar-refractivity contribution < 1.29 is 23.4 Å². The molecule has 6 nitrogen and oxygen atoms in total. The van der Waals surface area contributed by atoms with Gasteiger partial charge in [0.05, 0.1) is 10.9 Å². The van der Waals surface area contributed by atoms with Crippen LogP contribution in [0.15, 0.2) is 10.3 Å². The Hall–Kier alpha value is -0.670. The quantitative estimate of drug-likeness (QED) is 0.731. The zero-order chi connectivity index (χ0) is 13.2. The molecule has 0 spiro atoms. The molecule has 0 saturated carbocycles. The summed E-state index contributed by atoms with van der Waals surface area (Å²) < 4.78 is 25.6. The number of sulfonamides is 1. The summed E-state index contributed by atoms with van der Waals surface area (Å²) in [6.45, 7) is 0.811. The molecule has 0 aromatic carbocycles. The lowest BCUT2D eigenvalue weighted by atomic mass is 10.3. The minimum Gasteiger partial charge on any atom is -0.480 e. The van der Waals surface area contributed by atoms with E-state index in [1.165, 1.54) is 6.07 Å². The summed E-state index contributed by atoms with van der Waals surface area (Å²) in [5.74, 6) is -1.45. The van der Waals surface area contributed by atoms with Gasteiger partial charge < -0.3 is 10.2 Å². The molecule has 3 N–H and O–H groups in total. The molecule has 17 heavy (non-hydrogen) atoms. The number of thiophene rings is 1. The molecular weight excluding hydrogens is 290 g/mol. The lowest BCUT2D eigenvalue weighted by Crippen LogP contribution is -2.42. The number of hydrogen-bond donors (Lipinski definition) is 3. The van der Waals surface area contributed by atoms with Gasteiger partial charge in [-0.15, -0.1) is 11.3 Å². The summed E-state index contributed by atoms with van der Waals surface area (Å²) in [5, 5.41) is 17.4. The Bertz CT molecular complexity index is 505. The first-order valence-electron chi connectivity index (χ1n) is 4.40. The Morgan fingerprint density at radius 2 is 2.24 bits per heavy atom. The largest absolute Gasteiger partial charge is 0.480 e. The van der Waals surface area contributed by atoms with Crippen LogP contribution in [0.2, 0.25) is 4.34 Å². The van der Waals surface area contributed by atoms with E-state index in [-0.39, 0.29) is 4.21 Å². The lowest BCUT2D eigenvalue weighted by Gasteiger charge is -2.10. The van der Waals surface area contributed by atoms with Crippen LogP contribution in [0.1, 0.15) is 5.56 Å². The second-order valence-corrected chi connectivity index (χ2v) is 6.81. The predicted octanol–water partition coefficient (Wildman–Crippen LogP) is 0.434. The fourth-order valence-electron chi connectivity index (χ4n) is 0.975. The SMILES string of the molecule is Cc1cc(S(=O)(=O)N[C@@H](CO)C(=O)O)sc1Cl. The van der Waals surface area contributed by atoms with Gasteiger partial charge in [0.25, 0.3) is 10.0 Å². The van der Waals surface area contributed by atoms with Crippen LogP contribution in [0, 0.1) is 6.92 Å². The molecule has 0 aliphatic carbocycles. The van der Waals surface area contributed by atoms with E-state index in [2.05, 4.69) is 0 Å². The minimum absolute atomic E-state index is 0.0836. The Balaban J connectivity index is 3.00. The van der Waals surface area contributed by atoms with E-state index in [0.29, 0.717) is 9.90 Å². The third-order valence-electron chi connectivity index (χ3n) is 1.88. The molecule has 1 rings (SSSR count). The third-order valence-corrected chi connectivity index (χ3v) is 5.38. The van der Waals surface area contributed by atoms with Crippen LogP contribution in [-0.2, 0) is 14.8 Å². The third kappa shape index (κ3) is 3.39. The maximum absolute atomic E-state index is 11.7. The number of nitrogens with one attached hydrogen (secondary N) is 1. The van der Waals surface area contributed by atoms with E-state index < -0.39 is 28.6 Å². The smallest absolute Gasteiger partial charge is 0.324 e. The summed E-state index contributed by atoms with van der Waals surface area (Å²) in [4.78, 5) is 10.6. The molecule has 0 radical (unpaired) electrons. The topological polar surface area (TPSA) is 104 Å². The van der Waals surface area contributed by atoms with Gasteiger partial charge in [-0.2, -0.15) is 4.72 Å². The molecule has 0 saturated heterocycles. The van der Waals surface area contributed by atoms with E-state index in [0.717, 1.165) is 11.3 Å². The van der Waals surface area contributed by atoms with Crippen molar-refractivity contribution >= 4 is 38.9 Å². The highest BCUT2D eigenvalue weighted by atomic mass is 35.5. The van der Waals surface area contributed by atoms with E-state index in [1.807, 2.05) is 4.72 Å². The molecule has 1 aromatic heterocycles. The van der Waals surface area contributed by atoms with Gasteiger partial charge in [0.2, 0.25) is 0 Å². The number of rotatable bonds is 5. The first-order chi connectivity index (χ1) is 7.77. The number of carbonyl (C=O) groups is 1. The van der Waals surface area contributed by atoms with Crippen molar-refractivity contribution in [2.45, 2.75) is 17.2 Å². The number of aryl methyl sites for hydroxylation is 1. The van der Waals surface area contributed by atoms with Crippen LogP contribution in [0.25, 0.3) is 0 Å². The molecule has 0 unspecified atom stereocenters. The van der Waals surface area contributed by atoms with Gasteiger partial charge in [-0.25, -0.2) is 8.42 Å². The van der Waals surface area contributed by atoms with E-state index in [1.54, 1.807) is 6.92 Å². The Labute approximate surface area is 107 Å². The number of carboxylic acids is 1. The molecule has 0 fully saturated rings. The zero-order valence-corrected chi connectivity index (χ0v) is 11.1. The van der Waals surface area contributed by atoms with Crippen molar-refractivity contribution in [2.24, 2.45) is 0 Å². The van der Waals surface area contributed by atoms with Gasteiger partial charge in [0, 0.05) is 0 Å². The summed E-state index contributed by atoms with van der Waals surface area (Å²) in [6.07, 6.45) is 0. The number of halogens is 1. The Kier molecular flexibility index (Phi) is 4.50. The van der Waals surface area contributed by atoms with E-state index in [4.69, 9.17) is 21.8 Å². The van der Waals surface area contributed by atoms with Gasteiger partial charge in [-0.3, -0.25) is 4.79 Å². The zero-order valence-electron chi connectivity index (χ0n) is 8.68. The van der Waals surface area contributed by atoms with Crippen molar-refractivity contribution in [3.05, 3.63) is 16.0 Å². The minimum atomic E-state index is -3.98. The molecule has 0 bridgehead atoms. The van der Waals surface area contributed by atoms with Gasteiger partial charge in [-0.05, 0) is 18.6 Å². The van der Waals surface area contributed by atoms with Crippen LogP contribution in [-0.4, -0.2) is 37.2 Å². The van der Waals surface area contributed by atoms with Gasteiger partial charge in [0.15, 0.2) is 0 Å². The maximum atomic E-state index is 11.7. The average Bonchev–Trinajstić information content (AvgIpc) is 2.56.